The molecule has 0 radical (unpaired) electrons. The van der Waals surface area contributed by atoms with Gasteiger partial charge in [-0.05, 0) is 5.56 Å². The van der Waals surface area contributed by atoms with Crippen molar-refractivity contribution in [3.05, 3.63) is 170 Å². The maximum atomic E-state index is 5.13. The van der Waals surface area contributed by atoms with Gasteiger partial charge in [-0.2, -0.15) is 0 Å². The van der Waals surface area contributed by atoms with E-state index in [2.05, 4.69) is 149 Å². The molecule has 8 rings (SSSR count). The van der Waals surface area contributed by atoms with Crippen molar-refractivity contribution in [2.24, 2.45) is 0 Å². The third kappa shape index (κ3) is 5.66. The van der Waals surface area contributed by atoms with Gasteiger partial charge in [-0.3, -0.25) is 0 Å². The van der Waals surface area contributed by atoms with Crippen LogP contribution in [0.4, 0.5) is 0 Å². The van der Waals surface area contributed by atoms with E-state index in [0.29, 0.717) is 17.5 Å². The maximum absolute atomic E-state index is 5.13. The molecule has 0 saturated carbocycles. The van der Waals surface area contributed by atoms with Crippen LogP contribution in [0.5, 0.6) is 0 Å². The van der Waals surface area contributed by atoms with Crippen molar-refractivity contribution < 1.29 is 0 Å². The molecule has 0 atom stereocenters. The van der Waals surface area contributed by atoms with Crippen molar-refractivity contribution in [1.29, 1.82) is 0 Å². The summed E-state index contributed by atoms with van der Waals surface area (Å²) in [6, 6.07) is 59.0. The summed E-state index contributed by atoms with van der Waals surface area (Å²) in [5.74, 6) is 1.93. The van der Waals surface area contributed by atoms with Gasteiger partial charge in [0.25, 0.3) is 0 Å². The number of fused-ring (bicyclic) bond motifs is 1. The Morgan fingerprint density at radius 1 is 0.298 bits per heavy atom. The fraction of sp³-hybridized carbons (Fsp3) is 0. The molecule has 0 aliphatic heterocycles. The molecule has 0 aliphatic rings. The summed E-state index contributed by atoms with van der Waals surface area (Å²) in [4.78, 5) is 15.2. The average molecular weight is 667 g/mol. The van der Waals surface area contributed by atoms with E-state index in [1.165, 1.54) is 26.7 Å². The van der Waals surface area contributed by atoms with Gasteiger partial charge in [-0.15, -0.1) is 0 Å². The predicted octanol–water partition coefficient (Wildman–Crippen LogP) is 9.55. The fourth-order valence-corrected chi connectivity index (χ4v) is 7.00. The first-order valence-corrected chi connectivity index (χ1v) is 16.5. The first kappa shape index (κ1) is 28.8. The summed E-state index contributed by atoms with van der Waals surface area (Å²) in [5.41, 5.74) is 9.90. The van der Waals surface area contributed by atoms with Crippen LogP contribution in [-0.4, -0.2) is 31.0 Å². The van der Waals surface area contributed by atoms with Crippen LogP contribution in [0.25, 0.3) is 78.3 Å². The molecule has 0 saturated heterocycles. The minimum absolute atomic E-state index is 0.642. The van der Waals surface area contributed by atoms with Crippen molar-refractivity contribution in [3.63, 3.8) is 0 Å². The van der Waals surface area contributed by atoms with Crippen LogP contribution >= 0.6 is 0 Å². The minimum atomic E-state index is 0.642. The van der Waals surface area contributed by atoms with Crippen LogP contribution in [0.15, 0.2) is 170 Å². The van der Waals surface area contributed by atoms with E-state index in [0.717, 1.165) is 38.6 Å². The molecule has 1 heterocycles. The van der Waals surface area contributed by atoms with Crippen molar-refractivity contribution >= 4 is 31.2 Å². The van der Waals surface area contributed by atoms with E-state index < -0.39 is 0 Å². The number of hydrogen-bond donors (Lipinski definition) is 0. The standard InChI is InChI=1S/C43H29N3Se/c47-40-34(30-16-6-2-7-17-30)22-11-26-38(40)36-24-12-25-37-35(36)23-13-27-39(37)43-45-41(31-18-8-3-9-19-31)44-42(46-43)33-21-10-20-32(28-33)29-14-4-1-5-15-29/h1-28,47H. The second-order valence-corrected chi connectivity index (χ2v) is 12.3. The van der Waals surface area contributed by atoms with Crippen molar-refractivity contribution in [2.45, 2.75) is 0 Å². The normalized spacial score (nSPS) is 11.1. The Bertz CT molecular complexity index is 2350. The molecule has 7 aromatic carbocycles. The summed E-state index contributed by atoms with van der Waals surface area (Å²) in [7, 11) is 0. The summed E-state index contributed by atoms with van der Waals surface area (Å²) in [6.45, 7) is 0. The Morgan fingerprint density at radius 3 is 1.45 bits per heavy atom. The molecule has 0 bridgehead atoms. The molecular formula is C43H29N3Se. The molecule has 0 spiro atoms. The Labute approximate surface area is 282 Å². The van der Waals surface area contributed by atoms with E-state index in [-0.39, 0.29) is 0 Å². The van der Waals surface area contributed by atoms with Crippen molar-refractivity contribution in [1.82, 2.24) is 15.0 Å². The first-order valence-electron chi connectivity index (χ1n) is 15.6. The zero-order valence-electron chi connectivity index (χ0n) is 25.5. The van der Waals surface area contributed by atoms with Gasteiger partial charge in [0.2, 0.25) is 0 Å². The third-order valence-corrected chi connectivity index (χ3v) is 9.48. The second kappa shape index (κ2) is 12.6. The molecule has 8 aromatic rings. The zero-order chi connectivity index (χ0) is 31.6. The molecule has 3 nitrogen and oxygen atoms in total. The van der Waals surface area contributed by atoms with E-state index >= 15 is 0 Å². The van der Waals surface area contributed by atoms with Gasteiger partial charge < -0.3 is 0 Å². The van der Waals surface area contributed by atoms with Gasteiger partial charge in [-0.25, -0.2) is 0 Å². The number of nitrogens with zero attached hydrogens (tertiary/aromatic N) is 3. The molecule has 0 aliphatic carbocycles. The van der Waals surface area contributed by atoms with Gasteiger partial charge in [0.15, 0.2) is 0 Å². The molecule has 1 aromatic heterocycles. The monoisotopic (exact) mass is 667 g/mol. The van der Waals surface area contributed by atoms with Crippen molar-refractivity contribution in [3.8, 4) is 67.5 Å². The quantitative estimate of drug-likeness (QED) is 0.166. The van der Waals surface area contributed by atoms with Crippen LogP contribution in [-0.2, 0) is 0 Å². The summed E-state index contributed by atoms with van der Waals surface area (Å²) < 4.78 is 1.19. The van der Waals surface area contributed by atoms with Crippen LogP contribution in [0.2, 0.25) is 0 Å². The number of aromatic nitrogens is 3. The third-order valence-electron chi connectivity index (χ3n) is 8.47. The number of hydrogen-bond acceptors (Lipinski definition) is 3. The SMILES string of the molecule is [SeH]c1c(-c2ccccc2)cccc1-c1cccc2c(-c3nc(-c4ccccc4)nc(-c4cccc(-c5ccccc5)c4)n3)cccc12. The van der Waals surface area contributed by atoms with Gasteiger partial charge in [0.1, 0.15) is 0 Å². The van der Waals surface area contributed by atoms with Crippen molar-refractivity contribution in [2.75, 3.05) is 0 Å². The van der Waals surface area contributed by atoms with Crippen LogP contribution < -0.4 is 4.46 Å². The molecule has 222 valence electrons. The first-order chi connectivity index (χ1) is 23.2. The average Bonchev–Trinajstić information content (AvgIpc) is 3.15. The summed E-state index contributed by atoms with van der Waals surface area (Å²) in [5, 5.41) is 2.24. The van der Waals surface area contributed by atoms with Gasteiger partial charge >= 0.3 is 236 Å². The molecule has 0 unspecified atom stereocenters. The Balaban J connectivity index is 1.30. The second-order valence-electron chi connectivity index (χ2n) is 11.4. The molecule has 0 fully saturated rings. The van der Waals surface area contributed by atoms with Gasteiger partial charge in [-0.1, -0.05) is 42.5 Å². The molecule has 0 amide bonds. The fourth-order valence-electron chi connectivity index (χ4n) is 6.16. The summed E-state index contributed by atoms with van der Waals surface area (Å²) in [6.07, 6.45) is 0. The van der Waals surface area contributed by atoms with E-state index in [4.69, 9.17) is 15.0 Å². The van der Waals surface area contributed by atoms with Gasteiger partial charge in [0, 0.05) is 0 Å². The molecular weight excluding hydrogens is 637 g/mol. The number of rotatable bonds is 6. The number of benzene rings is 7. The van der Waals surface area contributed by atoms with Gasteiger partial charge in [0.05, 0.1) is 0 Å². The Morgan fingerprint density at radius 2 is 0.745 bits per heavy atom. The van der Waals surface area contributed by atoms with Crippen LogP contribution in [0.3, 0.4) is 0 Å². The Kier molecular flexibility index (Phi) is 7.72. The molecule has 47 heavy (non-hydrogen) atoms. The van der Waals surface area contributed by atoms with Crippen LogP contribution in [0.1, 0.15) is 0 Å². The predicted molar refractivity (Wildman–Crippen MR) is 197 cm³/mol. The Hall–Kier alpha value is -5.67. The summed E-state index contributed by atoms with van der Waals surface area (Å²) >= 11 is 2.80. The topological polar surface area (TPSA) is 38.7 Å². The zero-order valence-corrected chi connectivity index (χ0v) is 27.3. The molecule has 0 N–H and O–H groups in total. The van der Waals surface area contributed by atoms with Crippen LogP contribution in [0, 0.1) is 0 Å². The van der Waals surface area contributed by atoms with E-state index in [9.17, 15) is 0 Å². The van der Waals surface area contributed by atoms with E-state index in [1.54, 1.807) is 0 Å². The molecule has 4 heteroatoms. The van der Waals surface area contributed by atoms with E-state index in [1.807, 2.05) is 36.4 Å².